The molecule has 0 amide bonds. The average molecular weight is 256 g/mol. The molecule has 0 aromatic heterocycles. The summed E-state index contributed by atoms with van der Waals surface area (Å²) in [7, 11) is 0. The first-order valence-electron chi connectivity index (χ1n) is 7.71. The fourth-order valence-electron chi connectivity index (χ4n) is 2.33. The molecule has 1 fully saturated rings. The Kier molecular flexibility index (Phi) is 7.20. The minimum absolute atomic E-state index is 0.106. The third-order valence-electron chi connectivity index (χ3n) is 3.88. The zero-order valence-electron chi connectivity index (χ0n) is 12.5. The third-order valence-corrected chi connectivity index (χ3v) is 3.88. The van der Waals surface area contributed by atoms with E-state index in [-0.39, 0.29) is 12.1 Å². The van der Waals surface area contributed by atoms with Crippen LogP contribution in [0.5, 0.6) is 0 Å². The molecule has 1 aliphatic rings. The first-order valence-corrected chi connectivity index (χ1v) is 7.71. The minimum atomic E-state index is -0.106. The van der Waals surface area contributed by atoms with Gasteiger partial charge in [0.05, 0.1) is 6.61 Å². The molecule has 0 aromatic rings. The van der Waals surface area contributed by atoms with Crippen molar-refractivity contribution in [3.8, 4) is 0 Å². The maximum absolute atomic E-state index is 9.57. The summed E-state index contributed by atoms with van der Waals surface area (Å²) in [4.78, 5) is 2.58. The van der Waals surface area contributed by atoms with Gasteiger partial charge in [-0.05, 0) is 64.6 Å². The maximum Gasteiger partial charge on any atom is 0.0611 e. The zero-order chi connectivity index (χ0) is 13.4. The quantitative estimate of drug-likeness (QED) is 0.595. The second-order valence-corrected chi connectivity index (χ2v) is 6.14. The van der Waals surface area contributed by atoms with Crippen molar-refractivity contribution in [2.24, 2.45) is 5.92 Å². The first-order chi connectivity index (χ1) is 8.63. The number of aliphatic hydroxyl groups excluding tert-OH is 1. The largest absolute Gasteiger partial charge is 0.394 e. The summed E-state index contributed by atoms with van der Waals surface area (Å²) in [6.07, 6.45) is 6.23. The van der Waals surface area contributed by atoms with E-state index in [1.807, 2.05) is 0 Å². The molecular weight excluding hydrogens is 224 g/mol. The third kappa shape index (κ3) is 6.17. The standard InChI is InChI=1S/C15H32N2O/c1-4-9-16-15(3,13-18)8-11-17(10-5-2)12-14-6-7-14/h14,16,18H,4-13H2,1-3H3. The molecule has 0 spiro atoms. The summed E-state index contributed by atoms with van der Waals surface area (Å²) < 4.78 is 0. The van der Waals surface area contributed by atoms with Gasteiger partial charge in [-0.3, -0.25) is 0 Å². The minimum Gasteiger partial charge on any atom is -0.394 e. The van der Waals surface area contributed by atoms with E-state index in [4.69, 9.17) is 0 Å². The summed E-state index contributed by atoms with van der Waals surface area (Å²) in [6.45, 7) is 11.4. The van der Waals surface area contributed by atoms with Crippen molar-refractivity contribution in [1.29, 1.82) is 0 Å². The molecule has 0 aromatic carbocycles. The molecule has 3 heteroatoms. The molecule has 108 valence electrons. The Balaban J connectivity index is 2.31. The van der Waals surface area contributed by atoms with Gasteiger partial charge in [0.15, 0.2) is 0 Å². The van der Waals surface area contributed by atoms with E-state index in [0.29, 0.717) is 0 Å². The van der Waals surface area contributed by atoms with Gasteiger partial charge < -0.3 is 15.3 Å². The maximum atomic E-state index is 9.57. The SMILES string of the molecule is CCCNC(C)(CO)CCN(CCC)CC1CC1. The van der Waals surface area contributed by atoms with Crippen molar-refractivity contribution in [2.45, 2.75) is 58.4 Å². The van der Waals surface area contributed by atoms with Crippen LogP contribution in [-0.2, 0) is 0 Å². The van der Waals surface area contributed by atoms with Crippen LogP contribution < -0.4 is 5.32 Å². The van der Waals surface area contributed by atoms with Crippen LogP contribution >= 0.6 is 0 Å². The molecule has 1 saturated carbocycles. The van der Waals surface area contributed by atoms with Crippen LogP contribution in [0, 0.1) is 5.92 Å². The topological polar surface area (TPSA) is 35.5 Å². The van der Waals surface area contributed by atoms with Crippen LogP contribution in [0.2, 0.25) is 0 Å². The average Bonchev–Trinajstić information content (AvgIpc) is 3.18. The lowest BCUT2D eigenvalue weighted by molar-refractivity contribution is 0.143. The van der Waals surface area contributed by atoms with E-state index in [9.17, 15) is 5.11 Å². The molecule has 1 unspecified atom stereocenters. The summed E-state index contributed by atoms with van der Waals surface area (Å²) >= 11 is 0. The van der Waals surface area contributed by atoms with Gasteiger partial charge in [0.25, 0.3) is 0 Å². The van der Waals surface area contributed by atoms with E-state index in [1.165, 1.54) is 32.4 Å². The number of aliphatic hydroxyl groups is 1. The lowest BCUT2D eigenvalue weighted by Crippen LogP contribution is -2.48. The number of hydrogen-bond donors (Lipinski definition) is 2. The highest BCUT2D eigenvalue weighted by molar-refractivity contribution is 4.84. The summed E-state index contributed by atoms with van der Waals surface area (Å²) in [6, 6.07) is 0. The number of nitrogens with one attached hydrogen (secondary N) is 1. The molecule has 1 rings (SSSR count). The van der Waals surface area contributed by atoms with E-state index in [0.717, 1.165) is 31.8 Å². The monoisotopic (exact) mass is 256 g/mol. The Bertz CT molecular complexity index is 219. The van der Waals surface area contributed by atoms with Crippen LogP contribution in [0.4, 0.5) is 0 Å². The molecule has 0 heterocycles. The van der Waals surface area contributed by atoms with Crippen LogP contribution in [-0.4, -0.2) is 48.3 Å². The second kappa shape index (κ2) is 8.13. The van der Waals surface area contributed by atoms with E-state index in [2.05, 4.69) is 31.0 Å². The van der Waals surface area contributed by atoms with Gasteiger partial charge in [0.2, 0.25) is 0 Å². The van der Waals surface area contributed by atoms with Crippen molar-refractivity contribution < 1.29 is 5.11 Å². The number of rotatable bonds is 11. The second-order valence-electron chi connectivity index (χ2n) is 6.14. The van der Waals surface area contributed by atoms with Gasteiger partial charge in [-0.15, -0.1) is 0 Å². The smallest absolute Gasteiger partial charge is 0.0611 e. The first kappa shape index (κ1) is 15.9. The molecule has 0 bridgehead atoms. The Morgan fingerprint density at radius 2 is 1.94 bits per heavy atom. The van der Waals surface area contributed by atoms with Crippen molar-refractivity contribution in [1.82, 2.24) is 10.2 Å². The Morgan fingerprint density at radius 3 is 2.44 bits per heavy atom. The zero-order valence-corrected chi connectivity index (χ0v) is 12.5. The van der Waals surface area contributed by atoms with E-state index >= 15 is 0 Å². The summed E-state index contributed by atoms with van der Waals surface area (Å²) in [5.74, 6) is 0.959. The number of nitrogens with zero attached hydrogens (tertiary/aromatic N) is 1. The van der Waals surface area contributed by atoms with Crippen LogP contribution in [0.25, 0.3) is 0 Å². The summed E-state index contributed by atoms with van der Waals surface area (Å²) in [5, 5.41) is 13.1. The lowest BCUT2D eigenvalue weighted by atomic mass is 9.98. The predicted octanol–water partition coefficient (Wildman–Crippen LogP) is 2.25. The van der Waals surface area contributed by atoms with Gasteiger partial charge in [-0.1, -0.05) is 13.8 Å². The fourth-order valence-corrected chi connectivity index (χ4v) is 2.33. The Labute approximate surface area is 113 Å². The highest BCUT2D eigenvalue weighted by atomic mass is 16.3. The van der Waals surface area contributed by atoms with Gasteiger partial charge in [-0.2, -0.15) is 0 Å². The van der Waals surface area contributed by atoms with Gasteiger partial charge >= 0.3 is 0 Å². The van der Waals surface area contributed by atoms with Crippen molar-refractivity contribution in [3.05, 3.63) is 0 Å². The van der Waals surface area contributed by atoms with Crippen molar-refractivity contribution in [3.63, 3.8) is 0 Å². The molecule has 1 aliphatic carbocycles. The molecule has 1 atom stereocenters. The van der Waals surface area contributed by atoms with E-state index in [1.54, 1.807) is 0 Å². The van der Waals surface area contributed by atoms with Crippen LogP contribution in [0.1, 0.15) is 52.9 Å². The molecule has 0 radical (unpaired) electrons. The van der Waals surface area contributed by atoms with Crippen LogP contribution in [0.3, 0.4) is 0 Å². The Hall–Kier alpha value is -0.120. The fraction of sp³-hybridized carbons (Fsp3) is 1.00. The highest BCUT2D eigenvalue weighted by Gasteiger charge is 2.26. The van der Waals surface area contributed by atoms with Crippen LogP contribution in [0.15, 0.2) is 0 Å². The predicted molar refractivity (Wildman–Crippen MR) is 77.9 cm³/mol. The van der Waals surface area contributed by atoms with Crippen molar-refractivity contribution >= 4 is 0 Å². The van der Waals surface area contributed by atoms with Gasteiger partial charge in [0, 0.05) is 12.1 Å². The molecule has 0 aliphatic heterocycles. The summed E-state index contributed by atoms with van der Waals surface area (Å²) in [5.41, 5.74) is -0.106. The van der Waals surface area contributed by atoms with Gasteiger partial charge in [0.1, 0.15) is 0 Å². The Morgan fingerprint density at radius 1 is 1.22 bits per heavy atom. The normalized spacial score (nSPS) is 19.2. The lowest BCUT2D eigenvalue weighted by Gasteiger charge is -2.32. The number of hydrogen-bond acceptors (Lipinski definition) is 3. The molecule has 18 heavy (non-hydrogen) atoms. The molecule has 3 nitrogen and oxygen atoms in total. The highest BCUT2D eigenvalue weighted by Crippen LogP contribution is 2.30. The molecule has 2 N–H and O–H groups in total. The van der Waals surface area contributed by atoms with Gasteiger partial charge in [-0.25, -0.2) is 0 Å². The molecular formula is C15H32N2O. The molecule has 0 saturated heterocycles. The van der Waals surface area contributed by atoms with Crippen molar-refractivity contribution in [2.75, 3.05) is 32.8 Å². The van der Waals surface area contributed by atoms with E-state index < -0.39 is 0 Å².